The van der Waals surface area contributed by atoms with Gasteiger partial charge in [-0.3, -0.25) is 4.72 Å². The first-order valence-electron chi connectivity index (χ1n) is 6.53. The van der Waals surface area contributed by atoms with E-state index in [9.17, 15) is 8.42 Å². The maximum Gasteiger partial charge on any atom is 0.236 e. The fourth-order valence-corrected chi connectivity index (χ4v) is 3.12. The second-order valence-corrected chi connectivity index (χ2v) is 7.70. The summed E-state index contributed by atoms with van der Waals surface area (Å²) >= 11 is 0. The van der Waals surface area contributed by atoms with Crippen molar-refractivity contribution >= 4 is 15.7 Å². The van der Waals surface area contributed by atoms with Crippen LogP contribution in [0.15, 0.2) is 24.3 Å². The first-order valence-corrected chi connectivity index (χ1v) is 8.07. The van der Waals surface area contributed by atoms with Crippen molar-refractivity contribution in [2.45, 2.75) is 44.8 Å². The molecular weight excluding hydrogens is 260 g/mol. The van der Waals surface area contributed by atoms with E-state index in [1.165, 1.54) is 5.56 Å². The predicted octanol–water partition coefficient (Wildman–Crippen LogP) is 2.46. The molecule has 1 rings (SSSR count). The third-order valence-electron chi connectivity index (χ3n) is 3.17. The second kappa shape index (κ2) is 5.92. The third kappa shape index (κ3) is 4.21. The molecule has 0 saturated carbocycles. The molecule has 0 spiro atoms. The van der Waals surface area contributed by atoms with Crippen molar-refractivity contribution in [2.75, 3.05) is 11.3 Å². The number of anilines is 1. The summed E-state index contributed by atoms with van der Waals surface area (Å²) in [6.45, 7) is 8.31. The van der Waals surface area contributed by atoms with Crippen molar-refractivity contribution in [1.82, 2.24) is 0 Å². The molecule has 0 aliphatic carbocycles. The molecule has 4 nitrogen and oxygen atoms in total. The molecule has 0 bridgehead atoms. The standard InChI is InChI=1S/C14H24N2O2S/c1-5-13(10-15)19(17,18)16-12-8-6-11(7-9-12)14(2,3)4/h6-9,13,16H,5,10,15H2,1-4H3. The highest BCUT2D eigenvalue weighted by Gasteiger charge is 2.22. The number of sulfonamides is 1. The number of hydrogen-bond donors (Lipinski definition) is 2. The summed E-state index contributed by atoms with van der Waals surface area (Å²) in [4.78, 5) is 0. The Hall–Kier alpha value is -1.07. The van der Waals surface area contributed by atoms with E-state index >= 15 is 0 Å². The molecule has 0 aromatic heterocycles. The fourth-order valence-electron chi connectivity index (χ4n) is 1.80. The number of nitrogens with two attached hydrogens (primary N) is 1. The minimum atomic E-state index is -3.40. The molecule has 108 valence electrons. The molecule has 0 aliphatic rings. The summed E-state index contributed by atoms with van der Waals surface area (Å²) in [5.74, 6) is 0. The van der Waals surface area contributed by atoms with E-state index in [2.05, 4.69) is 25.5 Å². The van der Waals surface area contributed by atoms with Crippen LogP contribution in [-0.2, 0) is 15.4 Å². The highest BCUT2D eigenvalue weighted by Crippen LogP contribution is 2.24. The quantitative estimate of drug-likeness (QED) is 0.872. The lowest BCUT2D eigenvalue weighted by atomic mass is 9.87. The van der Waals surface area contributed by atoms with Gasteiger partial charge in [0.15, 0.2) is 0 Å². The Balaban J connectivity index is 2.90. The summed E-state index contributed by atoms with van der Waals surface area (Å²) in [6.07, 6.45) is 0.506. The number of rotatable bonds is 5. The van der Waals surface area contributed by atoms with Crippen molar-refractivity contribution in [3.8, 4) is 0 Å². The second-order valence-electron chi connectivity index (χ2n) is 5.74. The summed E-state index contributed by atoms with van der Waals surface area (Å²) in [7, 11) is -3.40. The molecule has 1 atom stereocenters. The Morgan fingerprint density at radius 1 is 1.21 bits per heavy atom. The van der Waals surface area contributed by atoms with Crippen molar-refractivity contribution in [1.29, 1.82) is 0 Å². The van der Waals surface area contributed by atoms with Crippen molar-refractivity contribution in [2.24, 2.45) is 5.73 Å². The molecule has 0 saturated heterocycles. The van der Waals surface area contributed by atoms with E-state index in [-0.39, 0.29) is 12.0 Å². The summed E-state index contributed by atoms with van der Waals surface area (Å²) < 4.78 is 26.7. The van der Waals surface area contributed by atoms with E-state index in [1.54, 1.807) is 12.1 Å². The fraction of sp³-hybridized carbons (Fsp3) is 0.571. The molecule has 3 N–H and O–H groups in total. The average molecular weight is 284 g/mol. The molecule has 0 fully saturated rings. The van der Waals surface area contributed by atoms with Crippen LogP contribution in [-0.4, -0.2) is 20.2 Å². The lowest BCUT2D eigenvalue weighted by Gasteiger charge is -2.20. The van der Waals surface area contributed by atoms with Crippen LogP contribution in [0.3, 0.4) is 0 Å². The van der Waals surface area contributed by atoms with Crippen LogP contribution in [0.25, 0.3) is 0 Å². The van der Waals surface area contributed by atoms with Crippen molar-refractivity contribution in [3.05, 3.63) is 29.8 Å². The van der Waals surface area contributed by atoms with Gasteiger partial charge in [-0.2, -0.15) is 0 Å². The van der Waals surface area contributed by atoms with Gasteiger partial charge in [0.2, 0.25) is 10.0 Å². The van der Waals surface area contributed by atoms with Gasteiger partial charge in [0.05, 0.1) is 5.25 Å². The SMILES string of the molecule is CCC(CN)S(=O)(=O)Nc1ccc(C(C)(C)C)cc1. The Bertz CT molecular complexity index is 497. The Kier molecular flexibility index (Phi) is 4.98. The molecule has 0 radical (unpaired) electrons. The molecule has 1 unspecified atom stereocenters. The van der Waals surface area contributed by atoms with Crippen LogP contribution in [0.4, 0.5) is 5.69 Å². The number of nitrogens with one attached hydrogen (secondary N) is 1. The van der Waals surface area contributed by atoms with Gasteiger partial charge < -0.3 is 5.73 Å². The van der Waals surface area contributed by atoms with Crippen molar-refractivity contribution < 1.29 is 8.42 Å². The molecule has 1 aromatic carbocycles. The predicted molar refractivity (Wildman–Crippen MR) is 80.8 cm³/mol. The van der Waals surface area contributed by atoms with Crippen LogP contribution in [0.2, 0.25) is 0 Å². The van der Waals surface area contributed by atoms with E-state index in [1.807, 2.05) is 19.1 Å². The Morgan fingerprint density at radius 2 is 1.74 bits per heavy atom. The number of hydrogen-bond acceptors (Lipinski definition) is 3. The molecule has 1 aromatic rings. The molecule has 0 aliphatic heterocycles. The smallest absolute Gasteiger partial charge is 0.236 e. The van der Waals surface area contributed by atoms with E-state index in [0.717, 1.165) is 0 Å². The molecular formula is C14H24N2O2S. The largest absolute Gasteiger partial charge is 0.329 e. The zero-order valence-electron chi connectivity index (χ0n) is 12.1. The van der Waals surface area contributed by atoms with Crippen LogP contribution in [0.1, 0.15) is 39.7 Å². The Labute approximate surface area is 116 Å². The minimum Gasteiger partial charge on any atom is -0.329 e. The molecule has 0 amide bonds. The lowest BCUT2D eigenvalue weighted by Crippen LogP contribution is -2.33. The van der Waals surface area contributed by atoms with Gasteiger partial charge in [-0.15, -0.1) is 0 Å². The van der Waals surface area contributed by atoms with Crippen LogP contribution in [0, 0.1) is 0 Å². The minimum absolute atomic E-state index is 0.0562. The first kappa shape index (κ1) is 16.0. The molecule has 19 heavy (non-hydrogen) atoms. The topological polar surface area (TPSA) is 72.2 Å². The van der Waals surface area contributed by atoms with Gasteiger partial charge in [0.1, 0.15) is 0 Å². The highest BCUT2D eigenvalue weighted by molar-refractivity contribution is 7.93. The van der Waals surface area contributed by atoms with Crippen molar-refractivity contribution in [3.63, 3.8) is 0 Å². The van der Waals surface area contributed by atoms with Crippen LogP contribution < -0.4 is 10.5 Å². The molecule has 0 heterocycles. The Morgan fingerprint density at radius 3 is 2.11 bits per heavy atom. The number of benzene rings is 1. The summed E-state index contributed by atoms with van der Waals surface area (Å²) in [6, 6.07) is 7.48. The monoisotopic (exact) mass is 284 g/mol. The van der Waals surface area contributed by atoms with Gasteiger partial charge in [0.25, 0.3) is 0 Å². The zero-order valence-corrected chi connectivity index (χ0v) is 12.9. The average Bonchev–Trinajstić information content (AvgIpc) is 2.29. The summed E-state index contributed by atoms with van der Waals surface area (Å²) in [5, 5.41) is -0.546. The van der Waals surface area contributed by atoms with Gasteiger partial charge in [-0.25, -0.2) is 8.42 Å². The van der Waals surface area contributed by atoms with E-state index < -0.39 is 15.3 Å². The maximum absolute atomic E-state index is 12.1. The highest BCUT2D eigenvalue weighted by atomic mass is 32.2. The van der Waals surface area contributed by atoms with Gasteiger partial charge >= 0.3 is 0 Å². The molecule has 5 heteroatoms. The van der Waals surface area contributed by atoms with Crippen LogP contribution in [0.5, 0.6) is 0 Å². The summed E-state index contributed by atoms with van der Waals surface area (Å²) in [5.41, 5.74) is 7.29. The zero-order chi connectivity index (χ0) is 14.7. The van der Waals surface area contributed by atoms with Gasteiger partial charge in [-0.1, -0.05) is 39.8 Å². The van der Waals surface area contributed by atoms with Gasteiger partial charge in [-0.05, 0) is 29.5 Å². The van der Waals surface area contributed by atoms with Gasteiger partial charge in [0, 0.05) is 12.2 Å². The normalized spacial score (nSPS) is 14.2. The van der Waals surface area contributed by atoms with E-state index in [0.29, 0.717) is 12.1 Å². The maximum atomic E-state index is 12.1. The van der Waals surface area contributed by atoms with Crippen LogP contribution >= 0.6 is 0 Å². The lowest BCUT2D eigenvalue weighted by molar-refractivity contribution is 0.581. The van der Waals surface area contributed by atoms with E-state index in [4.69, 9.17) is 5.73 Å². The third-order valence-corrected chi connectivity index (χ3v) is 5.09. The first-order chi connectivity index (χ1) is 8.70.